The van der Waals surface area contributed by atoms with E-state index in [-0.39, 0.29) is 5.91 Å². The first kappa shape index (κ1) is 21.2. The van der Waals surface area contributed by atoms with E-state index in [4.69, 9.17) is 0 Å². The monoisotopic (exact) mass is 382 g/mol. The number of hydrogen-bond donors (Lipinski definition) is 2. The van der Waals surface area contributed by atoms with E-state index >= 15 is 0 Å². The largest absolute Gasteiger partial charge is 0.479 e. The second-order valence-electron chi connectivity index (χ2n) is 6.72. The van der Waals surface area contributed by atoms with Crippen molar-refractivity contribution in [2.24, 2.45) is 0 Å². The molecular weight excluding hydrogens is 356 g/mol. The van der Waals surface area contributed by atoms with Gasteiger partial charge in [0.05, 0.1) is 0 Å². The fourth-order valence-corrected chi connectivity index (χ4v) is 3.14. The molecule has 2 amide bonds. The number of aliphatic carboxylic acids is 1. The summed E-state index contributed by atoms with van der Waals surface area (Å²) in [5, 5.41) is 12.1. The second kappa shape index (κ2) is 9.17. The zero-order chi connectivity index (χ0) is 20.8. The van der Waals surface area contributed by atoms with Crippen molar-refractivity contribution in [3.05, 3.63) is 70.3 Å². The van der Waals surface area contributed by atoms with Crippen molar-refractivity contribution >= 4 is 17.8 Å². The normalized spacial score (nSPS) is 11.6. The zero-order valence-corrected chi connectivity index (χ0v) is 16.7. The van der Waals surface area contributed by atoms with Crippen LogP contribution in [0.25, 0.3) is 0 Å². The number of nitrogens with zero attached hydrogens (tertiary/aromatic N) is 1. The lowest BCUT2D eigenvalue weighted by molar-refractivity contribution is -0.139. The van der Waals surface area contributed by atoms with E-state index in [1.807, 2.05) is 33.8 Å². The summed E-state index contributed by atoms with van der Waals surface area (Å²) in [5.74, 6) is -1.74. The molecule has 1 atom stereocenters. The lowest BCUT2D eigenvalue weighted by Crippen LogP contribution is -2.34. The van der Waals surface area contributed by atoms with Crippen molar-refractivity contribution in [1.82, 2.24) is 10.2 Å². The van der Waals surface area contributed by atoms with Gasteiger partial charge in [-0.3, -0.25) is 9.59 Å². The molecule has 0 aliphatic carbocycles. The SMILES string of the molecule is CCN(CC)C(=O)c1ccc(C(=O)NC(C(=O)O)c2cc(C)cc(C)c2)cc1. The van der Waals surface area contributed by atoms with Crippen LogP contribution in [0, 0.1) is 13.8 Å². The Morgan fingerprint density at radius 1 is 0.929 bits per heavy atom. The number of carboxylic acids is 1. The predicted octanol–water partition coefficient (Wildman–Crippen LogP) is 3.34. The van der Waals surface area contributed by atoms with E-state index in [1.54, 1.807) is 29.2 Å². The van der Waals surface area contributed by atoms with Crippen LogP contribution in [0.5, 0.6) is 0 Å². The van der Waals surface area contributed by atoms with Crippen molar-refractivity contribution in [1.29, 1.82) is 0 Å². The zero-order valence-electron chi connectivity index (χ0n) is 16.7. The summed E-state index contributed by atoms with van der Waals surface area (Å²) >= 11 is 0. The van der Waals surface area contributed by atoms with Crippen LogP contribution in [0.2, 0.25) is 0 Å². The van der Waals surface area contributed by atoms with E-state index in [1.165, 1.54) is 12.1 Å². The van der Waals surface area contributed by atoms with E-state index in [0.29, 0.717) is 29.8 Å². The summed E-state index contributed by atoms with van der Waals surface area (Å²) in [4.78, 5) is 38.3. The van der Waals surface area contributed by atoms with Gasteiger partial charge in [-0.25, -0.2) is 4.79 Å². The molecule has 0 saturated carbocycles. The van der Waals surface area contributed by atoms with Gasteiger partial charge in [-0.2, -0.15) is 0 Å². The Labute approximate surface area is 165 Å². The minimum Gasteiger partial charge on any atom is -0.479 e. The quantitative estimate of drug-likeness (QED) is 0.769. The maximum absolute atomic E-state index is 12.6. The van der Waals surface area contributed by atoms with Gasteiger partial charge in [0.25, 0.3) is 11.8 Å². The van der Waals surface area contributed by atoms with Crippen LogP contribution in [0.15, 0.2) is 42.5 Å². The van der Waals surface area contributed by atoms with Gasteiger partial charge in [-0.15, -0.1) is 0 Å². The number of hydrogen-bond acceptors (Lipinski definition) is 3. The first-order chi connectivity index (χ1) is 13.3. The van der Waals surface area contributed by atoms with Gasteiger partial charge in [0.1, 0.15) is 0 Å². The molecule has 0 aliphatic rings. The highest BCUT2D eigenvalue weighted by Gasteiger charge is 2.23. The number of nitrogens with one attached hydrogen (secondary N) is 1. The van der Waals surface area contributed by atoms with Crippen LogP contribution in [0.1, 0.15) is 57.3 Å². The molecule has 0 aliphatic heterocycles. The minimum atomic E-state index is -1.15. The van der Waals surface area contributed by atoms with Gasteiger partial charge in [0, 0.05) is 24.2 Å². The topological polar surface area (TPSA) is 86.7 Å². The molecule has 0 bridgehead atoms. The molecule has 6 nitrogen and oxygen atoms in total. The molecule has 0 heterocycles. The number of carbonyl (C=O) groups excluding carboxylic acids is 2. The predicted molar refractivity (Wildman–Crippen MR) is 107 cm³/mol. The van der Waals surface area contributed by atoms with Gasteiger partial charge in [-0.1, -0.05) is 29.3 Å². The Bertz CT molecular complexity index is 850. The summed E-state index contributed by atoms with van der Waals surface area (Å²) in [7, 11) is 0. The molecule has 2 rings (SSSR count). The highest BCUT2D eigenvalue weighted by atomic mass is 16.4. The highest BCUT2D eigenvalue weighted by molar-refractivity contribution is 5.99. The van der Waals surface area contributed by atoms with Crippen molar-refractivity contribution in [2.45, 2.75) is 33.7 Å². The Morgan fingerprint density at radius 2 is 1.43 bits per heavy atom. The third-order valence-corrected chi connectivity index (χ3v) is 4.54. The Kier molecular flexibility index (Phi) is 6.93. The number of benzene rings is 2. The molecule has 2 aromatic carbocycles. The van der Waals surface area contributed by atoms with E-state index in [0.717, 1.165) is 11.1 Å². The molecule has 2 aromatic rings. The van der Waals surface area contributed by atoms with Gasteiger partial charge in [0.15, 0.2) is 6.04 Å². The van der Waals surface area contributed by atoms with Crippen molar-refractivity contribution < 1.29 is 19.5 Å². The number of carboxylic acid groups (broad SMARTS) is 1. The third kappa shape index (κ3) is 4.97. The maximum Gasteiger partial charge on any atom is 0.330 e. The fraction of sp³-hybridized carbons (Fsp3) is 0.318. The van der Waals surface area contributed by atoms with E-state index < -0.39 is 17.9 Å². The molecule has 148 valence electrons. The first-order valence-electron chi connectivity index (χ1n) is 9.28. The fourth-order valence-electron chi connectivity index (χ4n) is 3.14. The third-order valence-electron chi connectivity index (χ3n) is 4.54. The summed E-state index contributed by atoms with van der Waals surface area (Å²) in [6.07, 6.45) is 0. The Hall–Kier alpha value is -3.15. The van der Waals surface area contributed by atoms with Crippen LogP contribution in [-0.4, -0.2) is 40.9 Å². The van der Waals surface area contributed by atoms with E-state index in [2.05, 4.69) is 5.32 Å². The average Bonchev–Trinajstić information content (AvgIpc) is 2.65. The summed E-state index contributed by atoms with van der Waals surface area (Å²) in [6, 6.07) is 10.5. The minimum absolute atomic E-state index is 0.101. The molecular formula is C22H26N2O4. The molecule has 0 fully saturated rings. The molecule has 0 spiro atoms. The van der Waals surface area contributed by atoms with E-state index in [9.17, 15) is 19.5 Å². The van der Waals surface area contributed by atoms with Gasteiger partial charge < -0.3 is 15.3 Å². The van der Waals surface area contributed by atoms with Crippen molar-refractivity contribution in [2.75, 3.05) is 13.1 Å². The number of rotatable bonds is 7. The summed E-state index contributed by atoms with van der Waals surface area (Å²) in [5.41, 5.74) is 3.16. The Morgan fingerprint density at radius 3 is 1.89 bits per heavy atom. The molecule has 1 unspecified atom stereocenters. The molecule has 0 radical (unpaired) electrons. The molecule has 0 aromatic heterocycles. The van der Waals surface area contributed by atoms with Crippen molar-refractivity contribution in [3.63, 3.8) is 0 Å². The number of aryl methyl sites for hydroxylation is 2. The van der Waals surface area contributed by atoms with Crippen LogP contribution in [-0.2, 0) is 4.79 Å². The molecule has 2 N–H and O–H groups in total. The smallest absolute Gasteiger partial charge is 0.330 e. The second-order valence-corrected chi connectivity index (χ2v) is 6.72. The van der Waals surface area contributed by atoms with Crippen molar-refractivity contribution in [3.8, 4) is 0 Å². The molecule has 6 heteroatoms. The Balaban J connectivity index is 2.20. The maximum atomic E-state index is 12.6. The van der Waals surface area contributed by atoms with Gasteiger partial charge >= 0.3 is 5.97 Å². The first-order valence-corrected chi connectivity index (χ1v) is 9.28. The van der Waals surface area contributed by atoms with Crippen LogP contribution >= 0.6 is 0 Å². The highest BCUT2D eigenvalue weighted by Crippen LogP contribution is 2.18. The lowest BCUT2D eigenvalue weighted by atomic mass is 10.0. The van der Waals surface area contributed by atoms with Crippen LogP contribution in [0.4, 0.5) is 0 Å². The van der Waals surface area contributed by atoms with Gasteiger partial charge in [-0.05, 0) is 57.5 Å². The summed E-state index contributed by atoms with van der Waals surface area (Å²) < 4.78 is 0. The molecule has 28 heavy (non-hydrogen) atoms. The number of carbonyl (C=O) groups is 3. The summed E-state index contributed by atoms with van der Waals surface area (Å²) in [6.45, 7) is 8.78. The average molecular weight is 382 g/mol. The van der Waals surface area contributed by atoms with Gasteiger partial charge in [0.2, 0.25) is 0 Å². The lowest BCUT2D eigenvalue weighted by Gasteiger charge is -2.19. The van der Waals surface area contributed by atoms with Crippen LogP contribution < -0.4 is 5.32 Å². The van der Waals surface area contributed by atoms with Crippen LogP contribution in [0.3, 0.4) is 0 Å². The standard InChI is InChI=1S/C22H26N2O4/c1-5-24(6-2)21(26)17-9-7-16(8-10-17)20(25)23-19(22(27)28)18-12-14(3)11-15(4)13-18/h7-13,19H,5-6H2,1-4H3,(H,23,25)(H,27,28). The molecule has 0 saturated heterocycles. The number of amides is 2.